The first-order valence-electron chi connectivity index (χ1n) is 12.3. The number of fused-ring (bicyclic) bond motifs is 1. The fraction of sp³-hybridized carbons (Fsp3) is 0.407. The fourth-order valence-corrected chi connectivity index (χ4v) is 16.1. The van der Waals surface area contributed by atoms with Crippen molar-refractivity contribution in [2.24, 2.45) is 0 Å². The number of anilines is 1. The number of ether oxygens (including phenoxy) is 5. The average molecular weight is 542 g/mol. The molecule has 0 bridgehead atoms. The topological polar surface area (TPSA) is 92.3 Å². The minimum Gasteiger partial charge on any atom is -0.494 e. The van der Waals surface area contributed by atoms with E-state index in [0.29, 0.717) is 28.7 Å². The Bertz CT molecular complexity index is 1260. The minimum absolute atomic E-state index is 0.0368. The molecule has 0 aliphatic carbocycles. The first-order chi connectivity index (χ1) is 17.4. The van der Waals surface area contributed by atoms with Crippen LogP contribution in [0.4, 0.5) is 5.69 Å². The number of rotatable bonds is 7. The van der Waals surface area contributed by atoms with Crippen molar-refractivity contribution in [1.82, 2.24) is 0 Å². The Balaban J connectivity index is 1.61. The highest BCUT2D eigenvalue weighted by molar-refractivity contribution is 7.03. The number of ketones is 1. The van der Waals surface area contributed by atoms with Gasteiger partial charge in [-0.3, -0.25) is 9.59 Å². The monoisotopic (exact) mass is 541 g/mol. The van der Waals surface area contributed by atoms with Crippen LogP contribution in [0.2, 0.25) is 38.3 Å². The van der Waals surface area contributed by atoms with Gasteiger partial charge in [0.05, 0.1) is 43.6 Å². The summed E-state index contributed by atoms with van der Waals surface area (Å²) in [6, 6.07) is 9.72. The molecule has 0 radical (unpaired) electrons. The van der Waals surface area contributed by atoms with Gasteiger partial charge in [0.2, 0.25) is 11.9 Å². The Labute approximate surface area is 219 Å². The molecule has 0 fully saturated rings. The quantitative estimate of drug-likeness (QED) is 0.422. The zero-order valence-corrected chi connectivity index (χ0v) is 24.7. The lowest BCUT2D eigenvalue weighted by atomic mass is 10.2. The molecule has 10 heteroatoms. The van der Waals surface area contributed by atoms with Crippen molar-refractivity contribution in [2.75, 3.05) is 26.6 Å². The summed E-state index contributed by atoms with van der Waals surface area (Å²) in [5, 5.41) is 5.53. The van der Waals surface area contributed by atoms with Crippen LogP contribution in [-0.4, -0.2) is 55.3 Å². The van der Waals surface area contributed by atoms with Gasteiger partial charge in [0, 0.05) is 0 Å². The molecule has 198 valence electrons. The lowest BCUT2D eigenvalue weighted by Gasteiger charge is -2.41. The fourth-order valence-electron chi connectivity index (χ4n) is 5.24. The Hall–Kier alpha value is -3.25. The van der Waals surface area contributed by atoms with E-state index in [2.05, 4.69) is 44.5 Å². The van der Waals surface area contributed by atoms with Crippen molar-refractivity contribution in [3.8, 4) is 23.0 Å². The van der Waals surface area contributed by atoms with Crippen LogP contribution in [0.1, 0.15) is 5.56 Å². The summed E-state index contributed by atoms with van der Waals surface area (Å²) < 4.78 is 28.2. The molecule has 2 aromatic rings. The van der Waals surface area contributed by atoms with E-state index in [-0.39, 0.29) is 5.95 Å². The number of nitrogens with one attached hydrogen (secondary N) is 1. The molecule has 0 saturated carbocycles. The largest absolute Gasteiger partial charge is 0.494 e. The summed E-state index contributed by atoms with van der Waals surface area (Å²) in [6.07, 6.45) is -0.186. The third-order valence-corrected chi connectivity index (χ3v) is 15.0. The zero-order valence-electron chi connectivity index (χ0n) is 22.7. The molecule has 1 amide bonds. The van der Waals surface area contributed by atoms with Gasteiger partial charge >= 0.3 is 0 Å². The normalized spacial score (nSPS) is 19.3. The maximum absolute atomic E-state index is 13.0. The van der Waals surface area contributed by atoms with Crippen LogP contribution in [0.3, 0.4) is 0 Å². The summed E-state index contributed by atoms with van der Waals surface area (Å²) in [5.41, 5.74) is 1.34. The molecule has 2 aromatic carbocycles. The number of benzene rings is 2. The molecular formula is C27H35NO7Si2. The van der Waals surface area contributed by atoms with Gasteiger partial charge in [-0.1, -0.05) is 54.7 Å². The number of para-hydroxylation sites is 1. The molecule has 1 N–H and O–H groups in total. The van der Waals surface area contributed by atoms with Crippen LogP contribution in [0.5, 0.6) is 23.0 Å². The van der Waals surface area contributed by atoms with Crippen LogP contribution >= 0.6 is 0 Å². The van der Waals surface area contributed by atoms with E-state index in [1.807, 2.05) is 0 Å². The standard InChI is InChI=1S/C27H35NO7Si2/c1-16-24(20(33-4)15-21-26(16)37(7,8)13-12-36(21,5)6)34-22-14-17(29)25(35-22)27(30)28-23-18(31-2)10-9-11-19(23)32-3/h9-11,14-15,25H,12-13H2,1-8H3,(H,28,30). The van der Waals surface area contributed by atoms with Crippen molar-refractivity contribution in [2.45, 2.75) is 51.3 Å². The van der Waals surface area contributed by atoms with Crippen LogP contribution in [0.15, 0.2) is 36.3 Å². The van der Waals surface area contributed by atoms with Crippen molar-refractivity contribution in [1.29, 1.82) is 0 Å². The number of hydrogen-bond acceptors (Lipinski definition) is 7. The molecular weight excluding hydrogens is 506 g/mol. The van der Waals surface area contributed by atoms with Gasteiger partial charge in [-0.15, -0.1) is 0 Å². The number of hydrogen-bond donors (Lipinski definition) is 1. The maximum Gasteiger partial charge on any atom is 0.289 e. The molecule has 2 aliphatic heterocycles. The lowest BCUT2D eigenvalue weighted by molar-refractivity contribution is -0.134. The second kappa shape index (κ2) is 9.90. The van der Waals surface area contributed by atoms with E-state index in [1.165, 1.54) is 42.8 Å². The van der Waals surface area contributed by atoms with Crippen molar-refractivity contribution in [3.05, 3.63) is 41.9 Å². The number of methoxy groups -OCH3 is 3. The maximum atomic E-state index is 13.0. The van der Waals surface area contributed by atoms with Gasteiger partial charge in [-0.25, -0.2) is 0 Å². The third-order valence-electron chi connectivity index (χ3n) is 7.35. The van der Waals surface area contributed by atoms with Gasteiger partial charge in [0.1, 0.15) is 17.2 Å². The molecule has 0 spiro atoms. The minimum atomic E-state index is -1.69. The predicted octanol–water partition coefficient (Wildman–Crippen LogP) is 3.69. The van der Waals surface area contributed by atoms with E-state index in [4.69, 9.17) is 23.7 Å². The molecule has 2 aliphatic rings. The third kappa shape index (κ3) is 4.87. The Kier molecular flexibility index (Phi) is 7.17. The van der Waals surface area contributed by atoms with Gasteiger partial charge in [0.15, 0.2) is 11.5 Å². The molecule has 8 nitrogen and oxygen atoms in total. The Morgan fingerprint density at radius 1 is 0.973 bits per heavy atom. The van der Waals surface area contributed by atoms with Gasteiger partial charge < -0.3 is 29.0 Å². The molecule has 1 unspecified atom stereocenters. The molecule has 1 atom stereocenters. The van der Waals surface area contributed by atoms with E-state index < -0.39 is 33.9 Å². The molecule has 0 saturated heterocycles. The molecule has 0 aromatic heterocycles. The van der Waals surface area contributed by atoms with Gasteiger partial charge in [-0.05, 0) is 30.7 Å². The van der Waals surface area contributed by atoms with Gasteiger partial charge in [-0.2, -0.15) is 0 Å². The highest BCUT2D eigenvalue weighted by Crippen LogP contribution is 2.38. The van der Waals surface area contributed by atoms with Crippen LogP contribution in [-0.2, 0) is 14.3 Å². The van der Waals surface area contributed by atoms with Crippen LogP contribution in [0.25, 0.3) is 0 Å². The number of carbonyl (C=O) groups excluding carboxylic acids is 2. The molecule has 2 heterocycles. The van der Waals surface area contributed by atoms with Crippen molar-refractivity contribution in [3.63, 3.8) is 0 Å². The van der Waals surface area contributed by atoms with E-state index in [1.54, 1.807) is 25.3 Å². The second-order valence-corrected chi connectivity index (χ2v) is 20.3. The first kappa shape index (κ1) is 26.8. The highest BCUT2D eigenvalue weighted by Gasteiger charge is 2.43. The van der Waals surface area contributed by atoms with E-state index in [9.17, 15) is 9.59 Å². The predicted molar refractivity (Wildman–Crippen MR) is 148 cm³/mol. The average Bonchev–Trinajstić information content (AvgIpc) is 3.23. The van der Waals surface area contributed by atoms with E-state index >= 15 is 0 Å². The lowest BCUT2D eigenvalue weighted by Crippen LogP contribution is -2.64. The Morgan fingerprint density at radius 2 is 1.57 bits per heavy atom. The second-order valence-electron chi connectivity index (χ2n) is 10.7. The zero-order chi connectivity index (χ0) is 27.1. The van der Waals surface area contributed by atoms with Crippen LogP contribution in [0, 0.1) is 6.92 Å². The summed E-state index contributed by atoms with van der Waals surface area (Å²) in [4.78, 5) is 25.8. The van der Waals surface area contributed by atoms with E-state index in [0.717, 1.165) is 5.56 Å². The van der Waals surface area contributed by atoms with Crippen molar-refractivity contribution >= 4 is 43.9 Å². The molecule has 37 heavy (non-hydrogen) atoms. The first-order valence-corrected chi connectivity index (χ1v) is 18.7. The highest BCUT2D eigenvalue weighted by atomic mass is 28.3. The Morgan fingerprint density at radius 3 is 2.16 bits per heavy atom. The summed E-state index contributed by atoms with van der Waals surface area (Å²) in [7, 11) is 1.28. The number of amides is 1. The van der Waals surface area contributed by atoms with Gasteiger partial charge in [0.25, 0.3) is 11.9 Å². The summed E-state index contributed by atoms with van der Waals surface area (Å²) in [5.74, 6) is 0.722. The summed E-state index contributed by atoms with van der Waals surface area (Å²) >= 11 is 0. The SMILES string of the molecule is COc1cccc(OC)c1NC(=O)C1OC(Oc2c(OC)cc3c(c2C)[Si](C)(C)CC[Si]3(C)C)=CC1=O. The van der Waals surface area contributed by atoms with Crippen molar-refractivity contribution < 1.29 is 33.3 Å². The summed E-state index contributed by atoms with van der Waals surface area (Å²) in [6.45, 7) is 11.6. The molecule has 4 rings (SSSR count). The number of carbonyl (C=O) groups is 2. The smallest absolute Gasteiger partial charge is 0.289 e. The van der Waals surface area contributed by atoms with Crippen LogP contribution < -0.4 is 34.6 Å².